The Bertz CT molecular complexity index is 726. The number of benzene rings is 1. The van der Waals surface area contributed by atoms with Crippen molar-refractivity contribution in [3.05, 3.63) is 46.7 Å². The lowest BCUT2D eigenvalue weighted by Crippen LogP contribution is -2.35. The molecule has 1 atom stereocenters. The van der Waals surface area contributed by atoms with Gasteiger partial charge in [0.25, 0.3) is 0 Å². The minimum Gasteiger partial charge on any atom is -0.482 e. The average molecular weight is 343 g/mol. The number of ketones is 1. The van der Waals surface area contributed by atoms with Gasteiger partial charge in [-0.1, -0.05) is 23.7 Å². The van der Waals surface area contributed by atoms with Crippen LogP contribution in [0.4, 0.5) is 0 Å². The summed E-state index contributed by atoms with van der Waals surface area (Å²) < 4.78 is 29.2. The second-order valence-electron chi connectivity index (χ2n) is 6.50. The van der Waals surface area contributed by atoms with Crippen molar-refractivity contribution in [1.82, 2.24) is 0 Å². The maximum atomic E-state index is 12.6. The fourth-order valence-corrected chi connectivity index (χ4v) is 3.26. The molecule has 0 amide bonds. The van der Waals surface area contributed by atoms with Crippen LogP contribution < -0.4 is 0 Å². The van der Waals surface area contributed by atoms with E-state index in [4.69, 9.17) is 16.3 Å². The molecule has 1 unspecified atom stereocenters. The van der Waals surface area contributed by atoms with Crippen molar-refractivity contribution in [1.29, 1.82) is 0 Å². The standard InChI is InChI=1S/C16H19ClO4S/c1-15(2,3)22(19,20)10-11-9-21-16(4,14(11)18)12-5-7-13(17)8-6-12/h5-9H,10H2,1-4H3. The normalized spacial score (nSPS) is 22.4. The van der Waals surface area contributed by atoms with E-state index in [0.29, 0.717) is 10.6 Å². The maximum absolute atomic E-state index is 12.6. The second kappa shape index (κ2) is 5.39. The van der Waals surface area contributed by atoms with Gasteiger partial charge in [0, 0.05) is 16.2 Å². The predicted octanol–water partition coefficient (Wildman–Crippen LogP) is 3.25. The van der Waals surface area contributed by atoms with Crippen LogP contribution >= 0.6 is 11.6 Å². The first kappa shape index (κ1) is 17.0. The monoisotopic (exact) mass is 342 g/mol. The van der Waals surface area contributed by atoms with Crippen LogP contribution in [0.25, 0.3) is 0 Å². The van der Waals surface area contributed by atoms with E-state index in [-0.39, 0.29) is 17.1 Å². The molecule has 0 aliphatic carbocycles. The third-order valence-electron chi connectivity index (χ3n) is 3.84. The maximum Gasteiger partial charge on any atom is 0.210 e. The van der Waals surface area contributed by atoms with Crippen LogP contribution in [0.5, 0.6) is 0 Å². The summed E-state index contributed by atoms with van der Waals surface area (Å²) in [7, 11) is -3.44. The van der Waals surface area contributed by atoms with E-state index in [1.54, 1.807) is 52.0 Å². The molecule has 0 N–H and O–H groups in total. The molecule has 6 heteroatoms. The highest BCUT2D eigenvalue weighted by atomic mass is 35.5. The van der Waals surface area contributed by atoms with Crippen LogP contribution in [0.1, 0.15) is 33.3 Å². The van der Waals surface area contributed by atoms with Gasteiger partial charge in [-0.15, -0.1) is 0 Å². The summed E-state index contributed by atoms with van der Waals surface area (Å²) in [5.74, 6) is -0.652. The minimum atomic E-state index is -3.44. The Hall–Kier alpha value is -1.33. The molecule has 120 valence electrons. The van der Waals surface area contributed by atoms with Gasteiger partial charge >= 0.3 is 0 Å². The molecule has 1 aliphatic rings. The first-order valence-electron chi connectivity index (χ1n) is 6.87. The van der Waals surface area contributed by atoms with Gasteiger partial charge in [0.05, 0.1) is 16.8 Å². The van der Waals surface area contributed by atoms with Crippen molar-refractivity contribution in [3.8, 4) is 0 Å². The molecule has 1 aliphatic heterocycles. The molecule has 0 saturated carbocycles. The Morgan fingerprint density at radius 3 is 2.23 bits per heavy atom. The SMILES string of the molecule is CC1(c2ccc(Cl)cc2)OC=C(CS(=O)(=O)C(C)(C)C)C1=O. The molecule has 1 heterocycles. The molecule has 0 fully saturated rings. The smallest absolute Gasteiger partial charge is 0.210 e. The van der Waals surface area contributed by atoms with Crippen LogP contribution in [-0.4, -0.2) is 24.7 Å². The third kappa shape index (κ3) is 2.92. The van der Waals surface area contributed by atoms with Crippen LogP contribution in [0.15, 0.2) is 36.1 Å². The fraction of sp³-hybridized carbons (Fsp3) is 0.438. The van der Waals surface area contributed by atoms with E-state index in [2.05, 4.69) is 0 Å². The number of hydrogen-bond donors (Lipinski definition) is 0. The van der Waals surface area contributed by atoms with Crippen molar-refractivity contribution in [2.24, 2.45) is 0 Å². The van der Waals surface area contributed by atoms with Crippen molar-refractivity contribution < 1.29 is 17.9 Å². The van der Waals surface area contributed by atoms with Gasteiger partial charge in [-0.25, -0.2) is 8.42 Å². The minimum absolute atomic E-state index is 0.173. The molecule has 0 spiro atoms. The molecular formula is C16H19ClO4S. The molecule has 22 heavy (non-hydrogen) atoms. The topological polar surface area (TPSA) is 60.4 Å². The summed E-state index contributed by atoms with van der Waals surface area (Å²) in [5, 5.41) is 0.557. The summed E-state index contributed by atoms with van der Waals surface area (Å²) >= 11 is 5.85. The summed E-state index contributed by atoms with van der Waals surface area (Å²) in [6.07, 6.45) is 1.26. The average Bonchev–Trinajstić information content (AvgIpc) is 2.67. The number of sulfone groups is 1. The van der Waals surface area contributed by atoms with Gasteiger partial charge in [-0.2, -0.15) is 0 Å². The lowest BCUT2D eigenvalue weighted by molar-refractivity contribution is -0.129. The van der Waals surface area contributed by atoms with Crippen LogP contribution in [0.3, 0.4) is 0 Å². The number of carbonyl (C=O) groups is 1. The predicted molar refractivity (Wildman–Crippen MR) is 86.5 cm³/mol. The molecular weight excluding hydrogens is 324 g/mol. The molecule has 0 radical (unpaired) electrons. The lowest BCUT2D eigenvalue weighted by atomic mass is 9.90. The Kier molecular flexibility index (Phi) is 4.17. The van der Waals surface area contributed by atoms with E-state index in [9.17, 15) is 13.2 Å². The van der Waals surface area contributed by atoms with Gasteiger partial charge in [0.1, 0.15) is 0 Å². The zero-order valence-electron chi connectivity index (χ0n) is 13.0. The Balaban J connectivity index is 2.28. The van der Waals surface area contributed by atoms with Crippen molar-refractivity contribution in [2.75, 3.05) is 5.75 Å². The van der Waals surface area contributed by atoms with Gasteiger partial charge in [-0.05, 0) is 39.8 Å². The highest BCUT2D eigenvalue weighted by molar-refractivity contribution is 7.92. The van der Waals surface area contributed by atoms with Crippen LogP contribution in [0.2, 0.25) is 5.02 Å². The molecule has 4 nitrogen and oxygen atoms in total. The molecule has 1 aromatic carbocycles. The van der Waals surface area contributed by atoms with Crippen molar-refractivity contribution >= 4 is 27.2 Å². The van der Waals surface area contributed by atoms with E-state index in [1.165, 1.54) is 6.26 Å². The molecule has 0 aromatic heterocycles. The largest absolute Gasteiger partial charge is 0.482 e. The molecule has 1 aromatic rings. The van der Waals surface area contributed by atoms with E-state index >= 15 is 0 Å². The van der Waals surface area contributed by atoms with Crippen LogP contribution in [0, 0.1) is 0 Å². The number of carbonyl (C=O) groups excluding carboxylic acids is 1. The Morgan fingerprint density at radius 2 is 1.73 bits per heavy atom. The summed E-state index contributed by atoms with van der Waals surface area (Å²) in [6, 6.07) is 6.75. The van der Waals surface area contributed by atoms with E-state index in [0.717, 1.165) is 0 Å². The fourth-order valence-electron chi connectivity index (χ4n) is 2.09. The first-order chi connectivity index (χ1) is 9.97. The first-order valence-corrected chi connectivity index (χ1v) is 8.90. The van der Waals surface area contributed by atoms with E-state index < -0.39 is 20.2 Å². The van der Waals surface area contributed by atoms with Gasteiger partial charge < -0.3 is 4.74 Å². The Morgan fingerprint density at radius 1 is 1.18 bits per heavy atom. The zero-order chi connectivity index (χ0) is 16.8. The summed E-state index contributed by atoms with van der Waals surface area (Å²) in [4.78, 5) is 12.6. The van der Waals surface area contributed by atoms with E-state index in [1.807, 2.05) is 0 Å². The third-order valence-corrected chi connectivity index (χ3v) is 6.64. The molecule has 0 saturated heterocycles. The summed E-state index contributed by atoms with van der Waals surface area (Å²) in [6.45, 7) is 6.47. The highest BCUT2D eigenvalue weighted by Gasteiger charge is 2.45. The number of rotatable bonds is 3. The van der Waals surface area contributed by atoms with Gasteiger partial charge in [0.2, 0.25) is 5.78 Å². The van der Waals surface area contributed by atoms with Crippen molar-refractivity contribution in [2.45, 2.75) is 38.0 Å². The molecule has 2 rings (SSSR count). The zero-order valence-corrected chi connectivity index (χ0v) is 14.6. The molecule has 0 bridgehead atoms. The Labute approximate surface area is 136 Å². The van der Waals surface area contributed by atoms with Gasteiger partial charge in [0.15, 0.2) is 15.4 Å². The van der Waals surface area contributed by atoms with Crippen molar-refractivity contribution in [3.63, 3.8) is 0 Å². The highest BCUT2D eigenvalue weighted by Crippen LogP contribution is 2.36. The van der Waals surface area contributed by atoms with Gasteiger partial charge in [-0.3, -0.25) is 4.79 Å². The lowest BCUT2D eigenvalue weighted by Gasteiger charge is -2.23. The number of halogens is 1. The number of ether oxygens (including phenoxy) is 1. The number of hydrogen-bond acceptors (Lipinski definition) is 4. The number of Topliss-reactive ketones (excluding diaryl/α,β-unsaturated/α-hetero) is 1. The quantitative estimate of drug-likeness (QED) is 0.846. The summed E-state index contributed by atoms with van der Waals surface area (Å²) in [5.41, 5.74) is -0.387. The van der Waals surface area contributed by atoms with Crippen LogP contribution in [-0.2, 0) is 25.0 Å². The second-order valence-corrected chi connectivity index (χ2v) is 9.68.